The second kappa shape index (κ2) is 8.67. The summed E-state index contributed by atoms with van der Waals surface area (Å²) in [6, 6.07) is 11.3. The van der Waals surface area contributed by atoms with Crippen LogP contribution in [-0.2, 0) is 16.2 Å². The van der Waals surface area contributed by atoms with E-state index < -0.39 is 0 Å². The van der Waals surface area contributed by atoms with E-state index in [1.807, 2.05) is 30.3 Å². The zero-order chi connectivity index (χ0) is 17.4. The summed E-state index contributed by atoms with van der Waals surface area (Å²) < 4.78 is 5.80. The van der Waals surface area contributed by atoms with Crippen LogP contribution < -0.4 is 15.4 Å². The Kier molecular flexibility index (Phi) is 6.31. The van der Waals surface area contributed by atoms with E-state index in [-0.39, 0.29) is 11.8 Å². The minimum absolute atomic E-state index is 0.115. The standard InChI is InChI=1S/C18H21N3O3/c1-3-16(22)20-14-10-15(18(19-11-14)21-17(23)4-2)24-12-13-8-6-5-7-9-13/h5-11H,3-4,12H2,1-2H3,(H,20,22)(H,19,21,23). The molecule has 0 unspecified atom stereocenters. The van der Waals surface area contributed by atoms with Gasteiger partial charge in [0.05, 0.1) is 11.9 Å². The highest BCUT2D eigenvalue weighted by atomic mass is 16.5. The molecule has 0 radical (unpaired) electrons. The number of carbonyl (C=O) groups is 2. The first-order valence-electron chi connectivity index (χ1n) is 7.88. The van der Waals surface area contributed by atoms with Gasteiger partial charge in [-0.3, -0.25) is 9.59 Å². The number of ether oxygens (including phenoxy) is 1. The molecule has 0 aliphatic rings. The molecule has 2 N–H and O–H groups in total. The van der Waals surface area contributed by atoms with E-state index in [1.54, 1.807) is 19.9 Å². The Hall–Kier alpha value is -2.89. The zero-order valence-electron chi connectivity index (χ0n) is 13.8. The molecule has 0 aliphatic heterocycles. The molecule has 0 saturated carbocycles. The minimum atomic E-state index is -0.155. The fraction of sp³-hybridized carbons (Fsp3) is 0.278. The summed E-state index contributed by atoms with van der Waals surface area (Å²) in [5.41, 5.74) is 1.52. The van der Waals surface area contributed by atoms with E-state index in [4.69, 9.17) is 4.74 Å². The van der Waals surface area contributed by atoms with E-state index >= 15 is 0 Å². The molecule has 0 bridgehead atoms. The first-order valence-corrected chi connectivity index (χ1v) is 7.88. The van der Waals surface area contributed by atoms with Crippen LogP contribution in [-0.4, -0.2) is 16.8 Å². The van der Waals surface area contributed by atoms with Gasteiger partial charge in [-0.15, -0.1) is 0 Å². The molecule has 0 fully saturated rings. The number of nitrogens with zero attached hydrogens (tertiary/aromatic N) is 1. The number of hydrogen-bond donors (Lipinski definition) is 2. The molecule has 2 amide bonds. The molecule has 24 heavy (non-hydrogen) atoms. The van der Waals surface area contributed by atoms with Gasteiger partial charge in [-0.2, -0.15) is 0 Å². The predicted molar refractivity (Wildman–Crippen MR) is 92.9 cm³/mol. The smallest absolute Gasteiger partial charge is 0.225 e. The third-order valence-electron chi connectivity index (χ3n) is 3.27. The van der Waals surface area contributed by atoms with Gasteiger partial charge in [0.2, 0.25) is 11.8 Å². The maximum atomic E-state index is 11.6. The molecule has 1 aromatic carbocycles. The van der Waals surface area contributed by atoms with Crippen LogP contribution in [0.3, 0.4) is 0 Å². The third kappa shape index (κ3) is 5.08. The molecule has 6 nitrogen and oxygen atoms in total. The maximum absolute atomic E-state index is 11.6. The van der Waals surface area contributed by atoms with Crippen molar-refractivity contribution in [3.63, 3.8) is 0 Å². The van der Waals surface area contributed by atoms with Gasteiger partial charge < -0.3 is 15.4 Å². The predicted octanol–water partition coefficient (Wildman–Crippen LogP) is 3.36. The minimum Gasteiger partial charge on any atom is -0.485 e. The highest BCUT2D eigenvalue weighted by molar-refractivity contribution is 5.93. The molecule has 6 heteroatoms. The Morgan fingerprint density at radius 1 is 1.04 bits per heavy atom. The van der Waals surface area contributed by atoms with Crippen molar-refractivity contribution in [3.8, 4) is 5.75 Å². The first-order chi connectivity index (χ1) is 11.6. The molecular formula is C18H21N3O3. The Bertz CT molecular complexity index is 702. The van der Waals surface area contributed by atoms with Crippen LogP contribution in [0.4, 0.5) is 11.5 Å². The summed E-state index contributed by atoms with van der Waals surface area (Å²) in [4.78, 5) is 27.4. The highest BCUT2D eigenvalue weighted by Gasteiger charge is 2.11. The summed E-state index contributed by atoms with van der Waals surface area (Å²) >= 11 is 0. The fourth-order valence-corrected chi connectivity index (χ4v) is 1.92. The molecule has 1 heterocycles. The van der Waals surface area contributed by atoms with Gasteiger partial charge in [-0.1, -0.05) is 44.2 Å². The van der Waals surface area contributed by atoms with Crippen molar-refractivity contribution in [3.05, 3.63) is 48.2 Å². The Morgan fingerprint density at radius 2 is 1.71 bits per heavy atom. The lowest BCUT2D eigenvalue weighted by Crippen LogP contribution is -2.14. The monoisotopic (exact) mass is 327 g/mol. The fourth-order valence-electron chi connectivity index (χ4n) is 1.92. The molecule has 0 atom stereocenters. The van der Waals surface area contributed by atoms with E-state index in [9.17, 15) is 9.59 Å². The number of anilines is 2. The summed E-state index contributed by atoms with van der Waals surface area (Å²) in [6.45, 7) is 3.86. The molecule has 126 valence electrons. The number of nitrogens with one attached hydrogen (secondary N) is 2. The Morgan fingerprint density at radius 3 is 2.38 bits per heavy atom. The van der Waals surface area contributed by atoms with Crippen LogP contribution in [0.25, 0.3) is 0 Å². The summed E-state index contributed by atoms with van der Waals surface area (Å²) in [5.74, 6) is 0.482. The zero-order valence-corrected chi connectivity index (χ0v) is 13.8. The Labute approximate surface area is 141 Å². The molecule has 0 aliphatic carbocycles. The van der Waals surface area contributed by atoms with Gasteiger partial charge in [0.25, 0.3) is 0 Å². The van der Waals surface area contributed by atoms with Gasteiger partial charge in [0.1, 0.15) is 6.61 Å². The Balaban J connectivity index is 2.19. The van der Waals surface area contributed by atoms with Crippen LogP contribution in [0.2, 0.25) is 0 Å². The number of benzene rings is 1. The van der Waals surface area contributed by atoms with E-state index in [1.165, 1.54) is 6.20 Å². The molecule has 2 aromatic rings. The largest absolute Gasteiger partial charge is 0.485 e. The summed E-state index contributed by atoms with van der Waals surface area (Å²) in [5, 5.41) is 5.43. The van der Waals surface area contributed by atoms with Crippen molar-refractivity contribution in [1.82, 2.24) is 4.98 Å². The van der Waals surface area contributed by atoms with Gasteiger partial charge in [-0.05, 0) is 5.56 Å². The molecule has 0 spiro atoms. The topological polar surface area (TPSA) is 80.3 Å². The lowest BCUT2D eigenvalue weighted by molar-refractivity contribution is -0.116. The number of pyridine rings is 1. The van der Waals surface area contributed by atoms with Crippen LogP contribution in [0.1, 0.15) is 32.3 Å². The second-order valence-electron chi connectivity index (χ2n) is 5.15. The lowest BCUT2D eigenvalue weighted by atomic mass is 10.2. The van der Waals surface area contributed by atoms with Crippen LogP contribution in [0.15, 0.2) is 42.6 Å². The van der Waals surface area contributed by atoms with Crippen molar-refractivity contribution in [2.45, 2.75) is 33.3 Å². The van der Waals surface area contributed by atoms with E-state index in [0.717, 1.165) is 5.56 Å². The number of hydrogen-bond acceptors (Lipinski definition) is 4. The van der Waals surface area contributed by atoms with Crippen molar-refractivity contribution >= 4 is 23.3 Å². The van der Waals surface area contributed by atoms with Crippen molar-refractivity contribution in [2.24, 2.45) is 0 Å². The lowest BCUT2D eigenvalue weighted by Gasteiger charge is -2.13. The number of amides is 2. The number of carbonyl (C=O) groups excluding carboxylic acids is 2. The van der Waals surface area contributed by atoms with Crippen molar-refractivity contribution < 1.29 is 14.3 Å². The maximum Gasteiger partial charge on any atom is 0.225 e. The SMILES string of the molecule is CCC(=O)Nc1cnc(NC(=O)CC)c(OCc2ccccc2)c1. The quantitative estimate of drug-likeness (QED) is 0.817. The number of rotatable bonds is 7. The third-order valence-corrected chi connectivity index (χ3v) is 3.27. The molecule has 0 saturated heterocycles. The molecule has 1 aromatic heterocycles. The van der Waals surface area contributed by atoms with Crippen molar-refractivity contribution in [1.29, 1.82) is 0 Å². The van der Waals surface area contributed by atoms with Gasteiger partial charge in [0.15, 0.2) is 11.6 Å². The van der Waals surface area contributed by atoms with Gasteiger partial charge in [-0.25, -0.2) is 4.98 Å². The van der Waals surface area contributed by atoms with E-state index in [0.29, 0.717) is 36.7 Å². The molecular weight excluding hydrogens is 306 g/mol. The van der Waals surface area contributed by atoms with Crippen LogP contribution >= 0.6 is 0 Å². The highest BCUT2D eigenvalue weighted by Crippen LogP contribution is 2.26. The molecule has 2 rings (SSSR count). The van der Waals surface area contributed by atoms with Crippen molar-refractivity contribution in [2.75, 3.05) is 10.6 Å². The average Bonchev–Trinajstić information content (AvgIpc) is 2.62. The van der Waals surface area contributed by atoms with E-state index in [2.05, 4.69) is 15.6 Å². The van der Waals surface area contributed by atoms with Gasteiger partial charge in [0, 0.05) is 18.9 Å². The normalized spacial score (nSPS) is 10.1. The van der Waals surface area contributed by atoms with Crippen LogP contribution in [0.5, 0.6) is 5.75 Å². The first kappa shape index (κ1) is 17.5. The average molecular weight is 327 g/mol. The van der Waals surface area contributed by atoms with Gasteiger partial charge >= 0.3 is 0 Å². The second-order valence-corrected chi connectivity index (χ2v) is 5.15. The van der Waals surface area contributed by atoms with Crippen LogP contribution in [0, 0.1) is 0 Å². The summed E-state index contributed by atoms with van der Waals surface area (Å²) in [7, 11) is 0. The number of aromatic nitrogens is 1. The summed E-state index contributed by atoms with van der Waals surface area (Å²) in [6.07, 6.45) is 2.21.